The average Bonchev–Trinajstić information content (AvgIpc) is 4.04. The van der Waals surface area contributed by atoms with E-state index in [9.17, 15) is 25.2 Å². The van der Waals surface area contributed by atoms with Gasteiger partial charge in [0.15, 0.2) is 0 Å². The Morgan fingerprint density at radius 3 is 2.35 bits per heavy atom. The minimum absolute atomic E-state index is 0.0358. The quantitative estimate of drug-likeness (QED) is 0.141. The summed E-state index contributed by atoms with van der Waals surface area (Å²) in [6, 6.07) is 14.3. The number of carbonyl (C=O) groups is 1. The molecule has 48 heavy (non-hydrogen) atoms. The zero-order valence-corrected chi connectivity index (χ0v) is 28.4. The number of benzene rings is 2. The highest BCUT2D eigenvalue weighted by Gasteiger charge is 2.46. The van der Waals surface area contributed by atoms with Gasteiger partial charge in [-0.15, -0.1) is 0 Å². The van der Waals surface area contributed by atoms with Gasteiger partial charge in [0.2, 0.25) is 5.91 Å². The number of hydrogen-bond donors (Lipinski definition) is 5. The second kappa shape index (κ2) is 15.4. The molecule has 2 heterocycles. The highest BCUT2D eigenvalue weighted by Crippen LogP contribution is 2.55. The van der Waals surface area contributed by atoms with E-state index in [2.05, 4.69) is 34.6 Å². The summed E-state index contributed by atoms with van der Waals surface area (Å²) in [5.74, 6) is 0.707. The largest absolute Gasteiger partial charge is 0.490 e. The maximum atomic E-state index is 12.4. The Balaban J connectivity index is 1.00. The van der Waals surface area contributed by atoms with Crippen molar-refractivity contribution in [2.24, 2.45) is 0 Å². The number of rotatable bonds is 15. The van der Waals surface area contributed by atoms with Crippen LogP contribution in [0.2, 0.25) is 10.0 Å². The number of pyridine rings is 1. The van der Waals surface area contributed by atoms with Crippen LogP contribution >= 0.6 is 23.2 Å². The number of amides is 1. The van der Waals surface area contributed by atoms with E-state index in [0.717, 1.165) is 67.4 Å². The first-order valence-electron chi connectivity index (χ1n) is 16.9. The van der Waals surface area contributed by atoms with Gasteiger partial charge in [-0.1, -0.05) is 41.4 Å². The summed E-state index contributed by atoms with van der Waals surface area (Å²) < 4.78 is 11.7. The van der Waals surface area contributed by atoms with E-state index in [4.69, 9.17) is 32.7 Å². The van der Waals surface area contributed by atoms with Crippen LogP contribution in [-0.4, -0.2) is 81.1 Å². The fourth-order valence-electron chi connectivity index (χ4n) is 6.65. The molecule has 1 aliphatic heterocycles. The van der Waals surface area contributed by atoms with E-state index < -0.39 is 37.1 Å². The van der Waals surface area contributed by atoms with E-state index in [1.54, 1.807) is 0 Å². The van der Waals surface area contributed by atoms with Gasteiger partial charge in [0.25, 0.3) is 0 Å². The van der Waals surface area contributed by atoms with Gasteiger partial charge in [0, 0.05) is 41.0 Å². The van der Waals surface area contributed by atoms with Gasteiger partial charge >= 0.3 is 0 Å². The molecule has 2 saturated carbocycles. The van der Waals surface area contributed by atoms with Gasteiger partial charge < -0.3 is 35.2 Å². The van der Waals surface area contributed by atoms with Crippen LogP contribution in [0.25, 0.3) is 11.1 Å². The SMILES string of the molecule is O=C(CCCCc1cc(Cl)c(CCC2(c3cnccc3-c3ccccc3OC3CC3)CC2)cc1Cl)NC[C@@H]1O[C@H](CO)[C@@H](O)[C@H](O)[C@H]1O. The van der Waals surface area contributed by atoms with Crippen molar-refractivity contribution in [1.82, 2.24) is 10.3 Å². The summed E-state index contributed by atoms with van der Waals surface area (Å²) in [5.41, 5.74) is 5.55. The van der Waals surface area contributed by atoms with Gasteiger partial charge in [-0.25, -0.2) is 0 Å². The lowest BCUT2D eigenvalue weighted by Crippen LogP contribution is -2.60. The summed E-state index contributed by atoms with van der Waals surface area (Å²) in [6.45, 7) is -0.559. The molecular formula is C37H44Cl2N2O7. The van der Waals surface area contributed by atoms with Crippen LogP contribution in [0.3, 0.4) is 0 Å². The van der Waals surface area contributed by atoms with E-state index in [1.165, 1.54) is 11.1 Å². The lowest BCUT2D eigenvalue weighted by atomic mass is 9.85. The van der Waals surface area contributed by atoms with Crippen molar-refractivity contribution in [2.45, 2.75) is 106 Å². The Bertz CT molecular complexity index is 1580. The number of nitrogens with one attached hydrogen (secondary N) is 1. The van der Waals surface area contributed by atoms with E-state index in [1.807, 2.05) is 30.6 Å². The van der Waals surface area contributed by atoms with Crippen LogP contribution in [0, 0.1) is 0 Å². The molecule has 1 amide bonds. The normalized spacial score (nSPS) is 24.7. The van der Waals surface area contributed by atoms with Gasteiger partial charge in [-0.05, 0) is 110 Å². The fraction of sp³-hybridized carbons (Fsp3) is 0.514. The molecule has 0 spiro atoms. The second-order valence-electron chi connectivity index (χ2n) is 13.4. The molecule has 9 nitrogen and oxygen atoms in total. The molecule has 5 N–H and O–H groups in total. The number of carbonyl (C=O) groups excluding carboxylic acids is 1. The molecule has 11 heteroatoms. The van der Waals surface area contributed by atoms with Gasteiger partial charge in [-0.3, -0.25) is 9.78 Å². The van der Waals surface area contributed by atoms with Gasteiger partial charge in [0.1, 0.15) is 36.3 Å². The smallest absolute Gasteiger partial charge is 0.220 e. The molecule has 3 aliphatic rings. The van der Waals surface area contributed by atoms with Crippen LogP contribution in [0.15, 0.2) is 54.9 Å². The summed E-state index contributed by atoms with van der Waals surface area (Å²) >= 11 is 13.5. The van der Waals surface area contributed by atoms with Crippen LogP contribution in [-0.2, 0) is 27.8 Å². The molecule has 1 saturated heterocycles. The third-order valence-electron chi connectivity index (χ3n) is 9.92. The third-order valence-corrected chi connectivity index (χ3v) is 10.6. The number of aryl methyl sites for hydroxylation is 2. The Kier molecular flexibility index (Phi) is 11.3. The number of halogens is 2. The molecule has 1 aromatic heterocycles. The number of aliphatic hydroxyl groups is 4. The standard InChI is InChI=1S/C37H44Cl2N2O7/c38-28-18-23(11-13-37(14-15-37)27-19-40-16-12-25(27)26-6-2-3-7-30(26)47-24-9-10-24)29(39)17-22(28)5-1-4-8-33(43)41-20-31-34(44)36(46)35(45)32(21-42)48-31/h2-3,6-7,12,16-19,24,31-32,34-36,42,44-46H,1,4-5,8-11,13-15,20-21H2,(H,41,43)/t31-,32+,34-,35+,36+/m0/s1. The number of aromatic nitrogens is 1. The van der Waals surface area contributed by atoms with Crippen molar-refractivity contribution in [3.05, 3.63) is 81.6 Å². The third kappa shape index (κ3) is 8.16. The van der Waals surface area contributed by atoms with Crippen molar-refractivity contribution in [3.8, 4) is 16.9 Å². The molecule has 0 unspecified atom stereocenters. The second-order valence-corrected chi connectivity index (χ2v) is 14.2. The lowest BCUT2D eigenvalue weighted by molar-refractivity contribution is -0.227. The maximum absolute atomic E-state index is 12.4. The number of ether oxygens (including phenoxy) is 2. The summed E-state index contributed by atoms with van der Waals surface area (Å²) in [5, 5.41) is 43.4. The monoisotopic (exact) mass is 698 g/mol. The highest BCUT2D eigenvalue weighted by molar-refractivity contribution is 6.34. The van der Waals surface area contributed by atoms with Crippen molar-refractivity contribution in [3.63, 3.8) is 0 Å². The minimum Gasteiger partial charge on any atom is -0.490 e. The van der Waals surface area contributed by atoms with Gasteiger partial charge in [0.05, 0.1) is 12.7 Å². The molecule has 3 aromatic rings. The Morgan fingerprint density at radius 2 is 1.65 bits per heavy atom. The molecule has 3 fully saturated rings. The maximum Gasteiger partial charge on any atom is 0.220 e. The summed E-state index contributed by atoms with van der Waals surface area (Å²) in [4.78, 5) is 16.9. The Labute approximate surface area is 291 Å². The van der Waals surface area contributed by atoms with E-state index in [-0.39, 0.29) is 24.3 Å². The van der Waals surface area contributed by atoms with Crippen LogP contribution in [0.1, 0.15) is 68.1 Å². The summed E-state index contributed by atoms with van der Waals surface area (Å²) in [6.07, 6.45) is 6.38. The Morgan fingerprint density at radius 1 is 0.938 bits per heavy atom. The van der Waals surface area contributed by atoms with Crippen LogP contribution in [0.5, 0.6) is 5.75 Å². The average molecular weight is 700 g/mol. The molecule has 5 atom stereocenters. The number of aliphatic hydroxyl groups excluding tert-OH is 4. The number of nitrogens with zero attached hydrogens (tertiary/aromatic N) is 1. The van der Waals surface area contributed by atoms with Crippen molar-refractivity contribution < 1.29 is 34.7 Å². The summed E-state index contributed by atoms with van der Waals surface area (Å²) in [7, 11) is 0. The van der Waals surface area contributed by atoms with E-state index >= 15 is 0 Å². The predicted octanol–water partition coefficient (Wildman–Crippen LogP) is 4.93. The first kappa shape index (κ1) is 35.1. The van der Waals surface area contributed by atoms with Crippen molar-refractivity contribution in [2.75, 3.05) is 13.2 Å². The minimum atomic E-state index is -1.47. The zero-order chi connectivity index (χ0) is 33.8. The first-order valence-corrected chi connectivity index (χ1v) is 17.7. The van der Waals surface area contributed by atoms with Crippen molar-refractivity contribution in [1.29, 1.82) is 0 Å². The number of unbranched alkanes of at least 4 members (excludes halogenated alkanes) is 1. The van der Waals surface area contributed by atoms with E-state index in [0.29, 0.717) is 29.0 Å². The topological polar surface area (TPSA) is 141 Å². The predicted molar refractivity (Wildman–Crippen MR) is 183 cm³/mol. The molecule has 2 aromatic carbocycles. The number of hydrogen-bond acceptors (Lipinski definition) is 8. The van der Waals surface area contributed by atoms with Crippen molar-refractivity contribution >= 4 is 29.1 Å². The molecular weight excluding hydrogens is 655 g/mol. The molecule has 0 radical (unpaired) electrons. The Hall–Kier alpha value is -2.76. The molecule has 6 rings (SSSR count). The molecule has 2 aliphatic carbocycles. The van der Waals surface area contributed by atoms with Gasteiger partial charge in [-0.2, -0.15) is 0 Å². The van der Waals surface area contributed by atoms with Crippen LogP contribution in [0.4, 0.5) is 0 Å². The first-order chi connectivity index (χ1) is 23.2. The lowest BCUT2D eigenvalue weighted by Gasteiger charge is -2.40. The fourth-order valence-corrected chi connectivity index (χ4v) is 7.21. The van der Waals surface area contributed by atoms with Crippen LogP contribution < -0.4 is 10.1 Å². The zero-order valence-electron chi connectivity index (χ0n) is 26.9. The molecule has 258 valence electrons. The number of para-hydroxylation sites is 1. The highest BCUT2D eigenvalue weighted by atomic mass is 35.5. The molecule has 0 bridgehead atoms.